The predicted octanol–water partition coefficient (Wildman–Crippen LogP) is 3.41. The third kappa shape index (κ3) is 3.92. The van der Waals surface area contributed by atoms with Gasteiger partial charge in [0.15, 0.2) is 0 Å². The maximum absolute atomic E-state index is 13.1. The molecule has 0 radical (unpaired) electrons. The van der Waals surface area contributed by atoms with Gasteiger partial charge in [0.25, 0.3) is 0 Å². The molecule has 0 saturated carbocycles. The molecule has 6 nitrogen and oxygen atoms in total. The number of benzene rings is 1. The molecule has 7 heteroatoms. The van der Waals surface area contributed by atoms with E-state index in [0.717, 1.165) is 48.6 Å². The van der Waals surface area contributed by atoms with Gasteiger partial charge in [0, 0.05) is 49.8 Å². The number of hydrogen-bond donors (Lipinski definition) is 1. The number of nitrogens with one attached hydrogen (secondary N) is 1. The molecular weight excluding hydrogens is 343 g/mol. The third-order valence-electron chi connectivity index (χ3n) is 4.96. The van der Waals surface area contributed by atoms with Crippen LogP contribution in [0.15, 0.2) is 42.7 Å². The second kappa shape index (κ2) is 7.34. The van der Waals surface area contributed by atoms with Gasteiger partial charge in [-0.05, 0) is 50.1 Å². The van der Waals surface area contributed by atoms with Crippen LogP contribution in [-0.4, -0.2) is 38.9 Å². The van der Waals surface area contributed by atoms with Gasteiger partial charge < -0.3 is 10.2 Å². The average Bonchev–Trinajstić information content (AvgIpc) is 3.02. The standard InChI is InChI=1S/C20H23FN6/c1-14-18(13-26(2)25-14)19-7-10-22-20(24-19)23-16-8-11-27(12-9-16)17-5-3-15(21)4-6-17/h3-7,10,13,16H,8-9,11-12H2,1-2H3,(H,22,23,24). The van der Waals surface area contributed by atoms with E-state index in [1.165, 1.54) is 12.1 Å². The van der Waals surface area contributed by atoms with E-state index in [2.05, 4.69) is 25.3 Å². The fraction of sp³-hybridized carbons (Fsp3) is 0.350. The molecule has 0 amide bonds. The Morgan fingerprint density at radius 3 is 2.52 bits per heavy atom. The van der Waals surface area contributed by atoms with Gasteiger partial charge in [-0.1, -0.05) is 0 Å². The minimum Gasteiger partial charge on any atom is -0.371 e. The molecular formula is C20H23FN6. The summed E-state index contributed by atoms with van der Waals surface area (Å²) >= 11 is 0. The van der Waals surface area contributed by atoms with Gasteiger partial charge in [-0.15, -0.1) is 0 Å². The quantitative estimate of drug-likeness (QED) is 0.767. The SMILES string of the molecule is Cc1nn(C)cc1-c1ccnc(NC2CCN(c3ccc(F)cc3)CC2)n1. The van der Waals surface area contributed by atoms with Crippen molar-refractivity contribution in [2.75, 3.05) is 23.3 Å². The molecule has 1 aliphatic heterocycles. The summed E-state index contributed by atoms with van der Waals surface area (Å²) in [5.41, 5.74) is 3.92. The molecule has 1 aliphatic rings. The molecule has 0 spiro atoms. The van der Waals surface area contributed by atoms with Crippen molar-refractivity contribution in [1.82, 2.24) is 19.7 Å². The Bertz CT molecular complexity index is 912. The lowest BCUT2D eigenvalue weighted by Gasteiger charge is -2.34. The Balaban J connectivity index is 1.40. The summed E-state index contributed by atoms with van der Waals surface area (Å²) in [5.74, 6) is 0.451. The molecule has 0 bridgehead atoms. The first-order chi connectivity index (χ1) is 13.1. The van der Waals surface area contributed by atoms with Crippen molar-refractivity contribution in [2.24, 2.45) is 7.05 Å². The highest BCUT2D eigenvalue weighted by atomic mass is 19.1. The molecule has 4 rings (SSSR count). The van der Waals surface area contributed by atoms with E-state index >= 15 is 0 Å². The minimum atomic E-state index is -0.198. The summed E-state index contributed by atoms with van der Waals surface area (Å²) in [6, 6.07) is 8.94. The van der Waals surface area contributed by atoms with Gasteiger partial charge in [0.2, 0.25) is 5.95 Å². The molecule has 1 saturated heterocycles. The first kappa shape index (κ1) is 17.5. The zero-order valence-electron chi connectivity index (χ0n) is 15.6. The van der Waals surface area contributed by atoms with Crippen molar-refractivity contribution in [3.05, 3.63) is 54.2 Å². The van der Waals surface area contributed by atoms with E-state index in [4.69, 9.17) is 0 Å². The van der Waals surface area contributed by atoms with E-state index in [9.17, 15) is 4.39 Å². The number of halogens is 1. The lowest BCUT2D eigenvalue weighted by Crippen LogP contribution is -2.39. The van der Waals surface area contributed by atoms with Gasteiger partial charge >= 0.3 is 0 Å². The van der Waals surface area contributed by atoms with E-state index in [1.54, 1.807) is 10.9 Å². The molecule has 27 heavy (non-hydrogen) atoms. The van der Waals surface area contributed by atoms with E-state index < -0.39 is 0 Å². The summed E-state index contributed by atoms with van der Waals surface area (Å²) in [5, 5.41) is 7.84. The van der Waals surface area contributed by atoms with Crippen LogP contribution in [0, 0.1) is 12.7 Å². The predicted molar refractivity (Wildman–Crippen MR) is 104 cm³/mol. The van der Waals surface area contributed by atoms with Crippen molar-refractivity contribution >= 4 is 11.6 Å². The van der Waals surface area contributed by atoms with Crippen LogP contribution < -0.4 is 10.2 Å². The van der Waals surface area contributed by atoms with Crippen molar-refractivity contribution in [1.29, 1.82) is 0 Å². The Morgan fingerprint density at radius 2 is 1.85 bits per heavy atom. The minimum absolute atomic E-state index is 0.198. The van der Waals surface area contributed by atoms with Gasteiger partial charge in [-0.25, -0.2) is 14.4 Å². The summed E-state index contributed by atoms with van der Waals surface area (Å²) < 4.78 is 14.9. The molecule has 0 unspecified atom stereocenters. The lowest BCUT2D eigenvalue weighted by molar-refractivity contribution is 0.523. The number of rotatable bonds is 4. The van der Waals surface area contributed by atoms with Crippen LogP contribution in [0.2, 0.25) is 0 Å². The summed E-state index contributed by atoms with van der Waals surface area (Å²) in [4.78, 5) is 11.3. The van der Waals surface area contributed by atoms with Gasteiger partial charge in [-0.3, -0.25) is 4.68 Å². The fourth-order valence-electron chi connectivity index (χ4n) is 3.55. The van der Waals surface area contributed by atoms with Crippen molar-refractivity contribution in [3.8, 4) is 11.3 Å². The van der Waals surface area contributed by atoms with Crippen molar-refractivity contribution < 1.29 is 4.39 Å². The lowest BCUT2D eigenvalue weighted by atomic mass is 10.0. The highest BCUT2D eigenvalue weighted by Crippen LogP contribution is 2.23. The summed E-state index contributed by atoms with van der Waals surface area (Å²) in [6.45, 7) is 3.82. The molecule has 0 atom stereocenters. The Kier molecular flexibility index (Phi) is 4.75. The van der Waals surface area contributed by atoms with Gasteiger partial charge in [-0.2, -0.15) is 5.10 Å². The molecule has 2 aromatic heterocycles. The van der Waals surface area contributed by atoms with Crippen LogP contribution in [-0.2, 0) is 7.05 Å². The Morgan fingerprint density at radius 1 is 1.11 bits per heavy atom. The van der Waals surface area contributed by atoms with Crippen molar-refractivity contribution in [2.45, 2.75) is 25.8 Å². The molecule has 1 aromatic carbocycles. The highest BCUT2D eigenvalue weighted by Gasteiger charge is 2.20. The first-order valence-electron chi connectivity index (χ1n) is 9.19. The maximum atomic E-state index is 13.1. The van der Waals surface area contributed by atoms with E-state index in [-0.39, 0.29) is 5.82 Å². The van der Waals surface area contributed by atoms with Crippen LogP contribution in [0.4, 0.5) is 16.0 Å². The Hall–Kier alpha value is -2.96. The zero-order chi connectivity index (χ0) is 18.8. The normalized spacial score (nSPS) is 15.1. The number of piperidine rings is 1. The first-order valence-corrected chi connectivity index (χ1v) is 9.19. The smallest absolute Gasteiger partial charge is 0.223 e. The zero-order valence-corrected chi connectivity index (χ0v) is 15.6. The molecule has 140 valence electrons. The monoisotopic (exact) mass is 366 g/mol. The molecule has 3 aromatic rings. The third-order valence-corrected chi connectivity index (χ3v) is 4.96. The number of aromatic nitrogens is 4. The average molecular weight is 366 g/mol. The van der Waals surface area contributed by atoms with Gasteiger partial charge in [0.05, 0.1) is 11.4 Å². The molecule has 1 fully saturated rings. The van der Waals surface area contributed by atoms with Crippen molar-refractivity contribution in [3.63, 3.8) is 0 Å². The topological polar surface area (TPSA) is 58.9 Å². The van der Waals surface area contributed by atoms with Crippen LogP contribution in [0.5, 0.6) is 0 Å². The largest absolute Gasteiger partial charge is 0.371 e. The Labute approximate surface area is 158 Å². The number of aryl methyl sites for hydroxylation is 2. The van der Waals surface area contributed by atoms with Crippen LogP contribution in [0.25, 0.3) is 11.3 Å². The van der Waals surface area contributed by atoms with E-state index in [0.29, 0.717) is 12.0 Å². The number of anilines is 2. The molecule has 1 N–H and O–H groups in total. The number of nitrogens with zero attached hydrogens (tertiary/aromatic N) is 5. The fourth-order valence-corrected chi connectivity index (χ4v) is 3.55. The van der Waals surface area contributed by atoms with Gasteiger partial charge in [0.1, 0.15) is 5.82 Å². The number of hydrogen-bond acceptors (Lipinski definition) is 5. The maximum Gasteiger partial charge on any atom is 0.223 e. The highest BCUT2D eigenvalue weighted by molar-refractivity contribution is 5.61. The van der Waals surface area contributed by atoms with Crippen LogP contribution in [0.3, 0.4) is 0 Å². The second-order valence-corrected chi connectivity index (χ2v) is 6.95. The molecule has 3 heterocycles. The summed E-state index contributed by atoms with van der Waals surface area (Å²) in [6.07, 6.45) is 5.72. The van der Waals surface area contributed by atoms with E-state index in [1.807, 2.05) is 38.4 Å². The van der Waals surface area contributed by atoms with Crippen LogP contribution in [0.1, 0.15) is 18.5 Å². The van der Waals surface area contributed by atoms with Crippen LogP contribution >= 0.6 is 0 Å². The second-order valence-electron chi connectivity index (χ2n) is 6.95. The summed E-state index contributed by atoms with van der Waals surface area (Å²) in [7, 11) is 1.91. The molecule has 0 aliphatic carbocycles.